The van der Waals surface area contributed by atoms with Crippen LogP contribution in [0.5, 0.6) is 0 Å². The number of sulfonamides is 1. The van der Waals surface area contributed by atoms with E-state index in [0.717, 1.165) is 28.4 Å². The summed E-state index contributed by atoms with van der Waals surface area (Å²) in [4.78, 5) is 12.0. The maximum atomic E-state index is 12.5. The average Bonchev–Trinajstić information content (AvgIpc) is 3.03. The number of carbonyl (C=O) groups is 1. The van der Waals surface area contributed by atoms with Gasteiger partial charge in [-0.05, 0) is 66.6 Å². The smallest absolute Gasteiger partial charge is 0.310 e. The van der Waals surface area contributed by atoms with Gasteiger partial charge in [0.1, 0.15) is 0 Å². The molecule has 1 unspecified atom stereocenters. The van der Waals surface area contributed by atoms with Crippen molar-refractivity contribution >= 4 is 31.9 Å². The molecule has 1 atom stereocenters. The fourth-order valence-corrected chi connectivity index (χ4v) is 4.69. The first-order valence-electron chi connectivity index (χ1n) is 8.91. The van der Waals surface area contributed by atoms with E-state index < -0.39 is 10.0 Å². The van der Waals surface area contributed by atoms with Crippen molar-refractivity contribution in [2.24, 2.45) is 0 Å². The largest absolute Gasteiger partial charge is 0.466 e. The topological polar surface area (TPSA) is 72.5 Å². The molecule has 1 aliphatic rings. The Kier molecular flexibility index (Phi) is 6.34. The molecule has 0 bridgehead atoms. The number of ether oxygens (including phenoxy) is 1. The molecule has 1 aliphatic carbocycles. The Morgan fingerprint density at radius 2 is 1.96 bits per heavy atom. The molecule has 0 fully saturated rings. The lowest BCUT2D eigenvalue weighted by Gasteiger charge is -2.14. The Balaban J connectivity index is 1.70. The third-order valence-electron chi connectivity index (χ3n) is 4.71. The summed E-state index contributed by atoms with van der Waals surface area (Å²) in [5.74, 6) is -0.143. The minimum absolute atomic E-state index is 0.104. The third-order valence-corrected chi connectivity index (χ3v) is 6.68. The lowest BCUT2D eigenvalue weighted by molar-refractivity contribution is -0.142. The number of rotatable bonds is 7. The van der Waals surface area contributed by atoms with Crippen molar-refractivity contribution in [3.05, 3.63) is 63.6 Å². The van der Waals surface area contributed by atoms with Gasteiger partial charge in [0, 0.05) is 11.0 Å². The van der Waals surface area contributed by atoms with Crippen LogP contribution in [0.4, 0.5) is 0 Å². The zero-order valence-electron chi connectivity index (χ0n) is 15.1. The Morgan fingerprint density at radius 1 is 1.22 bits per heavy atom. The second-order valence-corrected chi connectivity index (χ2v) is 9.24. The van der Waals surface area contributed by atoms with Crippen LogP contribution < -0.4 is 4.72 Å². The van der Waals surface area contributed by atoms with Gasteiger partial charge in [-0.25, -0.2) is 13.1 Å². The molecule has 0 amide bonds. The zero-order valence-corrected chi connectivity index (χ0v) is 17.5. The average molecular weight is 452 g/mol. The van der Waals surface area contributed by atoms with Gasteiger partial charge >= 0.3 is 5.97 Å². The van der Waals surface area contributed by atoms with Crippen molar-refractivity contribution in [1.82, 2.24) is 4.72 Å². The van der Waals surface area contributed by atoms with Crippen LogP contribution in [-0.2, 0) is 32.4 Å². The Hall–Kier alpha value is -1.70. The monoisotopic (exact) mass is 451 g/mol. The molecular formula is C20H22BrNO4S. The van der Waals surface area contributed by atoms with Crippen LogP contribution in [0.1, 0.15) is 36.0 Å². The van der Waals surface area contributed by atoms with Gasteiger partial charge in [0.15, 0.2) is 0 Å². The molecule has 0 heterocycles. The molecule has 0 saturated carbocycles. The normalized spacial score (nSPS) is 16.1. The molecular weight excluding hydrogens is 430 g/mol. The number of aryl methyl sites for hydroxylation is 1. The predicted molar refractivity (Wildman–Crippen MR) is 107 cm³/mol. The van der Waals surface area contributed by atoms with Gasteiger partial charge in [-0.3, -0.25) is 4.79 Å². The van der Waals surface area contributed by atoms with Gasteiger partial charge in [0.05, 0.1) is 17.9 Å². The van der Waals surface area contributed by atoms with E-state index >= 15 is 0 Å². The number of carbonyl (C=O) groups excluding carboxylic acids is 1. The van der Waals surface area contributed by atoms with Crippen LogP contribution >= 0.6 is 15.9 Å². The number of hydrogen-bond acceptors (Lipinski definition) is 4. The molecule has 144 valence electrons. The summed E-state index contributed by atoms with van der Waals surface area (Å²) in [7, 11) is -3.55. The lowest BCUT2D eigenvalue weighted by atomic mass is 9.98. The first-order chi connectivity index (χ1) is 12.9. The maximum Gasteiger partial charge on any atom is 0.310 e. The van der Waals surface area contributed by atoms with Crippen molar-refractivity contribution in [2.45, 2.75) is 37.0 Å². The van der Waals surface area contributed by atoms with Crippen LogP contribution in [0.2, 0.25) is 0 Å². The Morgan fingerprint density at radius 3 is 2.67 bits per heavy atom. The van der Waals surface area contributed by atoms with Crippen molar-refractivity contribution in [1.29, 1.82) is 0 Å². The summed E-state index contributed by atoms with van der Waals surface area (Å²) >= 11 is 3.31. The fourth-order valence-electron chi connectivity index (χ4n) is 3.35. The highest BCUT2D eigenvalue weighted by Crippen LogP contribution is 2.33. The molecule has 0 aromatic heterocycles. The van der Waals surface area contributed by atoms with Gasteiger partial charge in [-0.2, -0.15) is 0 Å². The van der Waals surface area contributed by atoms with E-state index in [4.69, 9.17) is 4.74 Å². The van der Waals surface area contributed by atoms with Crippen molar-refractivity contribution in [3.63, 3.8) is 0 Å². The summed E-state index contributed by atoms with van der Waals surface area (Å²) in [6.07, 6.45) is 2.04. The minimum Gasteiger partial charge on any atom is -0.466 e. The van der Waals surface area contributed by atoms with Gasteiger partial charge in [-0.15, -0.1) is 0 Å². The maximum absolute atomic E-state index is 12.5. The van der Waals surface area contributed by atoms with Crippen LogP contribution in [0.25, 0.3) is 0 Å². The second kappa shape index (κ2) is 8.54. The van der Waals surface area contributed by atoms with E-state index in [0.29, 0.717) is 13.2 Å². The highest BCUT2D eigenvalue weighted by atomic mass is 79.9. The van der Waals surface area contributed by atoms with Crippen LogP contribution in [0.15, 0.2) is 51.8 Å². The standard InChI is InChI=1S/C20H22BrNO4S/c1-2-26-20(23)12-14-3-4-15-5-6-16(19(15)11-14)13-22-27(24,25)18-9-7-17(21)8-10-18/h3-4,7-11,16,22H,2,5-6,12-13H2,1H3. The molecule has 0 aliphatic heterocycles. The van der Waals surface area contributed by atoms with E-state index in [-0.39, 0.29) is 23.2 Å². The predicted octanol–water partition coefficient (Wildman–Crippen LogP) is 3.56. The minimum atomic E-state index is -3.55. The molecule has 0 saturated heterocycles. The summed E-state index contributed by atoms with van der Waals surface area (Å²) < 4.78 is 33.6. The molecule has 7 heteroatoms. The van der Waals surface area contributed by atoms with Crippen molar-refractivity contribution < 1.29 is 17.9 Å². The number of halogens is 1. The Bertz CT molecular complexity index is 925. The Labute approximate surface area is 168 Å². The van der Waals surface area contributed by atoms with Crippen molar-refractivity contribution in [2.75, 3.05) is 13.2 Å². The molecule has 1 N–H and O–H groups in total. The highest BCUT2D eigenvalue weighted by Gasteiger charge is 2.25. The van der Waals surface area contributed by atoms with E-state index in [1.807, 2.05) is 18.2 Å². The van der Waals surface area contributed by atoms with Crippen LogP contribution in [0.3, 0.4) is 0 Å². The molecule has 2 aromatic carbocycles. The van der Waals surface area contributed by atoms with Crippen molar-refractivity contribution in [3.8, 4) is 0 Å². The van der Waals surface area contributed by atoms with Crippen LogP contribution in [-0.4, -0.2) is 27.5 Å². The summed E-state index contributed by atoms with van der Waals surface area (Å²) in [5.41, 5.74) is 3.24. The molecule has 3 rings (SSSR count). The van der Waals surface area contributed by atoms with Gasteiger partial charge in [0.25, 0.3) is 0 Å². The quantitative estimate of drug-likeness (QED) is 0.653. The van der Waals surface area contributed by atoms with Gasteiger partial charge < -0.3 is 4.74 Å². The molecule has 5 nitrogen and oxygen atoms in total. The number of fused-ring (bicyclic) bond motifs is 1. The first kappa shape index (κ1) is 20.0. The molecule has 27 heavy (non-hydrogen) atoms. The zero-order chi connectivity index (χ0) is 19.4. The molecule has 2 aromatic rings. The number of hydrogen-bond donors (Lipinski definition) is 1. The van der Waals surface area contributed by atoms with Gasteiger partial charge in [-0.1, -0.05) is 34.1 Å². The van der Waals surface area contributed by atoms with Crippen LogP contribution in [0, 0.1) is 0 Å². The summed E-state index contributed by atoms with van der Waals surface area (Å²) in [6.45, 7) is 2.49. The molecule has 0 spiro atoms. The molecule has 0 radical (unpaired) electrons. The lowest BCUT2D eigenvalue weighted by Crippen LogP contribution is -2.28. The van der Waals surface area contributed by atoms with E-state index in [1.54, 1.807) is 31.2 Å². The van der Waals surface area contributed by atoms with E-state index in [1.165, 1.54) is 5.56 Å². The van der Waals surface area contributed by atoms with E-state index in [2.05, 4.69) is 20.7 Å². The SMILES string of the molecule is CCOC(=O)Cc1ccc2c(c1)C(CNS(=O)(=O)c1ccc(Br)cc1)CC2. The highest BCUT2D eigenvalue weighted by molar-refractivity contribution is 9.10. The summed E-state index contributed by atoms with van der Waals surface area (Å²) in [6, 6.07) is 12.6. The van der Waals surface area contributed by atoms with E-state index in [9.17, 15) is 13.2 Å². The second-order valence-electron chi connectivity index (χ2n) is 6.56. The number of nitrogens with one attached hydrogen (secondary N) is 1. The summed E-state index contributed by atoms with van der Waals surface area (Å²) in [5, 5.41) is 0. The van der Waals surface area contributed by atoms with Gasteiger partial charge in [0.2, 0.25) is 10.0 Å². The third kappa shape index (κ3) is 4.97. The number of esters is 1. The number of benzene rings is 2. The fraction of sp³-hybridized carbons (Fsp3) is 0.350. The first-order valence-corrected chi connectivity index (χ1v) is 11.2.